The molecule has 2 aliphatic rings. The Kier molecular flexibility index (Phi) is 4.32. The molecule has 1 aromatic carbocycles. The van der Waals surface area contributed by atoms with Crippen molar-refractivity contribution >= 4 is 17.8 Å². The summed E-state index contributed by atoms with van der Waals surface area (Å²) in [6.45, 7) is 0. The normalized spacial score (nSPS) is 23.3. The van der Waals surface area contributed by atoms with Crippen LogP contribution in [-0.2, 0) is 4.79 Å². The Morgan fingerprint density at radius 1 is 0.870 bits per heavy atom. The molecule has 6 heteroatoms. The van der Waals surface area contributed by atoms with Crippen molar-refractivity contribution in [2.75, 3.05) is 0 Å². The molecule has 3 N–H and O–H groups in total. The van der Waals surface area contributed by atoms with Gasteiger partial charge in [0.1, 0.15) is 0 Å². The van der Waals surface area contributed by atoms with Crippen LogP contribution in [0.25, 0.3) is 0 Å². The first-order valence-electron chi connectivity index (χ1n) is 7.99. The van der Waals surface area contributed by atoms with E-state index in [0.29, 0.717) is 30.0 Å². The number of amides is 2. The molecule has 23 heavy (non-hydrogen) atoms. The number of hydrogen-bond donors (Lipinski definition) is 3. The largest absolute Gasteiger partial charge is 0.481 e. The summed E-state index contributed by atoms with van der Waals surface area (Å²) in [5.41, 5.74) is 0.960. The van der Waals surface area contributed by atoms with Gasteiger partial charge in [-0.25, -0.2) is 0 Å². The highest BCUT2D eigenvalue weighted by Crippen LogP contribution is 2.26. The van der Waals surface area contributed by atoms with Gasteiger partial charge in [0.15, 0.2) is 0 Å². The average molecular weight is 316 g/mol. The maximum absolute atomic E-state index is 12.2. The number of carbonyl (C=O) groups excluding carboxylic acids is 2. The summed E-state index contributed by atoms with van der Waals surface area (Å²) in [4.78, 5) is 35.3. The number of hydrogen-bond acceptors (Lipinski definition) is 3. The fourth-order valence-corrected chi connectivity index (χ4v) is 2.95. The van der Waals surface area contributed by atoms with Crippen LogP contribution in [0.15, 0.2) is 24.3 Å². The molecule has 122 valence electrons. The maximum atomic E-state index is 12.2. The minimum Gasteiger partial charge on any atom is -0.481 e. The fourth-order valence-electron chi connectivity index (χ4n) is 2.95. The first-order chi connectivity index (χ1) is 11.0. The molecule has 6 nitrogen and oxygen atoms in total. The molecular formula is C17H20N2O4. The summed E-state index contributed by atoms with van der Waals surface area (Å²) in [5, 5.41) is 14.8. The zero-order chi connectivity index (χ0) is 16.4. The molecule has 2 amide bonds. The molecule has 0 spiro atoms. The van der Waals surface area contributed by atoms with E-state index in [1.54, 1.807) is 24.3 Å². The van der Waals surface area contributed by atoms with Gasteiger partial charge in [-0.15, -0.1) is 0 Å². The van der Waals surface area contributed by atoms with Crippen molar-refractivity contribution in [2.24, 2.45) is 5.92 Å². The lowest BCUT2D eigenvalue weighted by molar-refractivity contribution is -0.142. The molecule has 0 aromatic heterocycles. The molecular weight excluding hydrogens is 296 g/mol. The number of benzene rings is 1. The molecule has 0 radical (unpaired) electrons. The van der Waals surface area contributed by atoms with E-state index in [-0.39, 0.29) is 17.9 Å². The zero-order valence-electron chi connectivity index (χ0n) is 12.7. The predicted molar refractivity (Wildman–Crippen MR) is 83.2 cm³/mol. The third-order valence-corrected chi connectivity index (χ3v) is 4.47. The predicted octanol–water partition coefficient (Wildman–Crippen LogP) is 1.56. The summed E-state index contributed by atoms with van der Waals surface area (Å²) < 4.78 is 0. The van der Waals surface area contributed by atoms with Gasteiger partial charge in [-0.05, 0) is 49.9 Å². The molecule has 0 heterocycles. The van der Waals surface area contributed by atoms with Crippen molar-refractivity contribution in [3.8, 4) is 0 Å². The highest BCUT2D eigenvalue weighted by atomic mass is 16.4. The van der Waals surface area contributed by atoms with Gasteiger partial charge in [0.2, 0.25) is 0 Å². The van der Waals surface area contributed by atoms with Gasteiger partial charge < -0.3 is 15.7 Å². The van der Waals surface area contributed by atoms with Gasteiger partial charge in [-0.2, -0.15) is 0 Å². The molecule has 2 saturated carbocycles. The number of aliphatic carboxylic acids is 1. The Hall–Kier alpha value is -2.37. The van der Waals surface area contributed by atoms with Crippen molar-refractivity contribution < 1.29 is 19.5 Å². The highest BCUT2D eigenvalue weighted by molar-refractivity contribution is 5.98. The Labute approximate surface area is 134 Å². The van der Waals surface area contributed by atoms with Crippen LogP contribution in [0, 0.1) is 5.92 Å². The summed E-state index contributed by atoms with van der Waals surface area (Å²) in [7, 11) is 0. The van der Waals surface area contributed by atoms with Crippen molar-refractivity contribution in [1.29, 1.82) is 0 Å². The Morgan fingerprint density at radius 2 is 1.43 bits per heavy atom. The molecule has 2 fully saturated rings. The van der Waals surface area contributed by atoms with Crippen molar-refractivity contribution in [1.82, 2.24) is 10.6 Å². The van der Waals surface area contributed by atoms with Crippen LogP contribution >= 0.6 is 0 Å². The molecule has 0 aliphatic heterocycles. The first kappa shape index (κ1) is 15.5. The molecule has 2 aliphatic carbocycles. The second-order valence-electron chi connectivity index (χ2n) is 6.28. The van der Waals surface area contributed by atoms with Crippen LogP contribution in [0.4, 0.5) is 0 Å². The molecule has 0 bridgehead atoms. The smallest absolute Gasteiger partial charge is 0.308 e. The molecule has 0 saturated heterocycles. The minimum atomic E-state index is -0.861. The van der Waals surface area contributed by atoms with E-state index in [1.165, 1.54) is 0 Å². The summed E-state index contributed by atoms with van der Waals surface area (Å²) in [6.07, 6.45) is 4.14. The van der Waals surface area contributed by atoms with Crippen LogP contribution < -0.4 is 10.6 Å². The lowest BCUT2D eigenvalue weighted by atomic mass is 10.0. The minimum absolute atomic E-state index is 0.124. The SMILES string of the molecule is O=C(NC1CC1)c1ccc(C(=O)N[C@H]2CCC[C@H]2C(=O)O)cc1. The van der Waals surface area contributed by atoms with Gasteiger partial charge >= 0.3 is 5.97 Å². The van der Waals surface area contributed by atoms with Crippen molar-refractivity contribution in [2.45, 2.75) is 44.2 Å². The van der Waals surface area contributed by atoms with Gasteiger partial charge in [0, 0.05) is 23.2 Å². The van der Waals surface area contributed by atoms with E-state index < -0.39 is 11.9 Å². The number of carbonyl (C=O) groups is 3. The highest BCUT2D eigenvalue weighted by Gasteiger charge is 2.34. The van der Waals surface area contributed by atoms with E-state index in [0.717, 1.165) is 19.3 Å². The van der Waals surface area contributed by atoms with Crippen LogP contribution in [0.5, 0.6) is 0 Å². The number of rotatable bonds is 5. The van der Waals surface area contributed by atoms with Crippen molar-refractivity contribution in [3.63, 3.8) is 0 Å². The van der Waals surface area contributed by atoms with Gasteiger partial charge in [0.25, 0.3) is 11.8 Å². The number of carboxylic acid groups (broad SMARTS) is 1. The summed E-state index contributed by atoms with van der Waals surface area (Å²) >= 11 is 0. The Morgan fingerprint density at radius 3 is 1.96 bits per heavy atom. The third-order valence-electron chi connectivity index (χ3n) is 4.47. The van der Waals surface area contributed by atoms with Crippen LogP contribution in [-0.4, -0.2) is 35.0 Å². The van der Waals surface area contributed by atoms with E-state index in [4.69, 9.17) is 5.11 Å². The second kappa shape index (κ2) is 6.40. The summed E-state index contributed by atoms with van der Waals surface area (Å²) in [6, 6.07) is 6.41. The van der Waals surface area contributed by atoms with E-state index >= 15 is 0 Å². The fraction of sp³-hybridized carbons (Fsp3) is 0.471. The maximum Gasteiger partial charge on any atom is 0.308 e. The lowest BCUT2D eigenvalue weighted by Gasteiger charge is -2.17. The zero-order valence-corrected chi connectivity index (χ0v) is 12.7. The Bertz CT molecular complexity index is 622. The Balaban J connectivity index is 1.61. The quantitative estimate of drug-likeness (QED) is 0.768. The average Bonchev–Trinajstić information content (AvgIpc) is 3.22. The van der Waals surface area contributed by atoms with E-state index in [2.05, 4.69) is 10.6 Å². The van der Waals surface area contributed by atoms with Crippen LogP contribution in [0.1, 0.15) is 52.8 Å². The topological polar surface area (TPSA) is 95.5 Å². The van der Waals surface area contributed by atoms with Crippen LogP contribution in [0.3, 0.4) is 0 Å². The van der Waals surface area contributed by atoms with Gasteiger partial charge in [0.05, 0.1) is 5.92 Å². The standard InChI is InChI=1S/C17H20N2O4/c20-15(18-12-8-9-12)10-4-6-11(7-5-10)16(21)19-14-3-1-2-13(14)17(22)23/h4-7,12-14H,1-3,8-9H2,(H,18,20)(H,19,21)(H,22,23)/t13-,14+/m1/s1. The van der Waals surface area contributed by atoms with Crippen LogP contribution in [0.2, 0.25) is 0 Å². The second-order valence-corrected chi connectivity index (χ2v) is 6.28. The van der Waals surface area contributed by atoms with Gasteiger partial charge in [-0.3, -0.25) is 14.4 Å². The van der Waals surface area contributed by atoms with E-state index in [1.807, 2.05) is 0 Å². The molecule has 2 atom stereocenters. The van der Waals surface area contributed by atoms with Gasteiger partial charge in [-0.1, -0.05) is 6.42 Å². The van der Waals surface area contributed by atoms with E-state index in [9.17, 15) is 14.4 Å². The summed E-state index contributed by atoms with van der Waals surface area (Å²) in [5.74, 6) is -1.79. The third kappa shape index (κ3) is 3.70. The molecule has 0 unspecified atom stereocenters. The first-order valence-corrected chi connectivity index (χ1v) is 7.99. The monoisotopic (exact) mass is 316 g/mol. The number of nitrogens with one attached hydrogen (secondary N) is 2. The molecule has 3 rings (SSSR count). The number of carboxylic acids is 1. The lowest BCUT2D eigenvalue weighted by Crippen LogP contribution is -2.40. The molecule has 1 aromatic rings. The van der Waals surface area contributed by atoms with Crippen molar-refractivity contribution in [3.05, 3.63) is 35.4 Å².